The van der Waals surface area contributed by atoms with Gasteiger partial charge in [0, 0.05) is 39.8 Å². The fraction of sp³-hybridized carbons (Fsp3) is 0.619. The highest BCUT2D eigenvalue weighted by molar-refractivity contribution is 5.79. The molecule has 0 atom stereocenters. The Balaban J connectivity index is 1.91. The number of ether oxygens (including phenoxy) is 2. The van der Waals surface area contributed by atoms with Crippen molar-refractivity contribution >= 4 is 5.91 Å². The molecule has 0 N–H and O–H groups in total. The summed E-state index contributed by atoms with van der Waals surface area (Å²) in [6, 6.07) is 6.23. The summed E-state index contributed by atoms with van der Waals surface area (Å²) in [6.45, 7) is 10.2. The number of amides is 1. The molecule has 1 fully saturated rings. The first-order valence-corrected chi connectivity index (χ1v) is 9.56. The zero-order chi connectivity index (χ0) is 20.9. The molecular formula is C21H32N4O3. The van der Waals surface area contributed by atoms with Crippen molar-refractivity contribution in [1.82, 2.24) is 14.7 Å². The highest BCUT2D eigenvalue weighted by Crippen LogP contribution is 2.31. The number of benzene rings is 1. The van der Waals surface area contributed by atoms with E-state index in [9.17, 15) is 10.1 Å². The van der Waals surface area contributed by atoms with E-state index >= 15 is 0 Å². The van der Waals surface area contributed by atoms with Crippen LogP contribution < -0.4 is 9.47 Å². The number of rotatable bonds is 7. The quantitative estimate of drug-likeness (QED) is 0.711. The number of nitriles is 1. The van der Waals surface area contributed by atoms with Crippen LogP contribution in [0, 0.1) is 18.3 Å². The molecule has 1 aliphatic heterocycles. The number of methoxy groups -OCH3 is 2. The van der Waals surface area contributed by atoms with Crippen molar-refractivity contribution in [2.75, 3.05) is 54.0 Å². The Bertz CT molecular complexity index is 734. The smallest absolute Gasteiger partial charge is 0.237 e. The van der Waals surface area contributed by atoms with E-state index in [4.69, 9.17) is 9.47 Å². The van der Waals surface area contributed by atoms with Crippen LogP contribution in [0.4, 0.5) is 0 Å². The fourth-order valence-corrected chi connectivity index (χ4v) is 3.22. The molecule has 1 saturated heterocycles. The summed E-state index contributed by atoms with van der Waals surface area (Å²) < 4.78 is 10.8. The number of carbonyl (C=O) groups excluding carboxylic acids is 1. The molecule has 7 nitrogen and oxygen atoms in total. The molecule has 7 heteroatoms. The molecule has 1 aromatic carbocycles. The molecule has 0 radical (unpaired) electrons. The average molecular weight is 389 g/mol. The summed E-state index contributed by atoms with van der Waals surface area (Å²) in [5.41, 5.74) is 1.61. The van der Waals surface area contributed by atoms with Crippen molar-refractivity contribution < 1.29 is 14.3 Å². The Morgan fingerprint density at radius 1 is 1.14 bits per heavy atom. The van der Waals surface area contributed by atoms with Crippen LogP contribution in [0.25, 0.3) is 0 Å². The lowest BCUT2D eigenvalue weighted by molar-refractivity contribution is -0.134. The van der Waals surface area contributed by atoms with Gasteiger partial charge in [-0.25, -0.2) is 0 Å². The van der Waals surface area contributed by atoms with Gasteiger partial charge in [0.05, 0.1) is 26.8 Å². The van der Waals surface area contributed by atoms with Crippen molar-refractivity contribution in [3.8, 4) is 17.6 Å². The van der Waals surface area contributed by atoms with Gasteiger partial charge in [-0.1, -0.05) is 0 Å². The SMILES string of the molecule is COc1cc(C)c(CN2CCN(CC(=O)N(C)C(C)(C)C#N)CC2)cc1OC. The molecule has 1 aliphatic rings. The molecule has 2 rings (SSSR count). The first kappa shape index (κ1) is 22.0. The molecule has 0 unspecified atom stereocenters. The molecule has 0 saturated carbocycles. The minimum absolute atomic E-state index is 0.0178. The predicted molar refractivity (Wildman–Crippen MR) is 108 cm³/mol. The molecular weight excluding hydrogens is 356 g/mol. The number of carbonyl (C=O) groups is 1. The van der Waals surface area contributed by atoms with Crippen LogP contribution in [0.3, 0.4) is 0 Å². The summed E-state index contributed by atoms with van der Waals surface area (Å²) in [5, 5.41) is 9.21. The van der Waals surface area contributed by atoms with Crippen LogP contribution >= 0.6 is 0 Å². The minimum atomic E-state index is -0.788. The molecule has 1 aromatic rings. The Morgan fingerprint density at radius 2 is 1.68 bits per heavy atom. The lowest BCUT2D eigenvalue weighted by atomic mass is 10.1. The zero-order valence-corrected chi connectivity index (χ0v) is 17.9. The van der Waals surface area contributed by atoms with E-state index in [1.807, 2.05) is 12.1 Å². The summed E-state index contributed by atoms with van der Waals surface area (Å²) in [5.74, 6) is 1.47. The van der Waals surface area contributed by atoms with Crippen molar-refractivity contribution in [3.05, 3.63) is 23.3 Å². The third-order valence-corrected chi connectivity index (χ3v) is 5.55. The lowest BCUT2D eigenvalue weighted by Gasteiger charge is -2.36. The Labute approximate surface area is 168 Å². The number of hydrogen-bond donors (Lipinski definition) is 0. The van der Waals surface area contributed by atoms with Gasteiger partial charge < -0.3 is 14.4 Å². The Kier molecular flexibility index (Phi) is 7.28. The van der Waals surface area contributed by atoms with Gasteiger partial charge in [-0.3, -0.25) is 14.6 Å². The van der Waals surface area contributed by atoms with Crippen LogP contribution in [0.5, 0.6) is 11.5 Å². The second kappa shape index (κ2) is 9.26. The first-order valence-electron chi connectivity index (χ1n) is 9.56. The summed E-state index contributed by atoms with van der Waals surface area (Å²) in [4.78, 5) is 18.5. The van der Waals surface area contributed by atoms with E-state index in [0.29, 0.717) is 6.54 Å². The number of likely N-dealkylation sites (N-methyl/N-ethyl adjacent to an activating group) is 1. The second-order valence-electron chi connectivity index (χ2n) is 7.81. The highest BCUT2D eigenvalue weighted by Gasteiger charge is 2.29. The summed E-state index contributed by atoms with van der Waals surface area (Å²) in [6.07, 6.45) is 0. The third-order valence-electron chi connectivity index (χ3n) is 5.55. The van der Waals surface area contributed by atoms with Gasteiger partial charge in [-0.05, 0) is 44.0 Å². The largest absolute Gasteiger partial charge is 0.493 e. The first-order chi connectivity index (χ1) is 13.2. The lowest BCUT2D eigenvalue weighted by Crippen LogP contribution is -2.52. The van der Waals surface area contributed by atoms with Crippen molar-refractivity contribution in [1.29, 1.82) is 5.26 Å². The van der Waals surface area contributed by atoms with Crippen molar-refractivity contribution in [3.63, 3.8) is 0 Å². The number of nitrogens with zero attached hydrogens (tertiary/aromatic N) is 4. The topological polar surface area (TPSA) is 69.0 Å². The van der Waals surface area contributed by atoms with Gasteiger partial charge in [-0.15, -0.1) is 0 Å². The predicted octanol–water partition coefficient (Wildman–Crippen LogP) is 1.89. The summed E-state index contributed by atoms with van der Waals surface area (Å²) >= 11 is 0. The third kappa shape index (κ3) is 5.15. The fourth-order valence-electron chi connectivity index (χ4n) is 3.22. The van der Waals surface area contributed by atoms with E-state index in [2.05, 4.69) is 22.8 Å². The zero-order valence-electron chi connectivity index (χ0n) is 17.9. The van der Waals surface area contributed by atoms with E-state index in [1.165, 1.54) is 16.0 Å². The maximum atomic E-state index is 12.5. The number of hydrogen-bond acceptors (Lipinski definition) is 6. The molecule has 0 aromatic heterocycles. The van der Waals surface area contributed by atoms with Gasteiger partial charge in [0.1, 0.15) is 5.54 Å². The van der Waals surface area contributed by atoms with E-state index < -0.39 is 5.54 Å². The van der Waals surface area contributed by atoms with Crippen molar-refractivity contribution in [2.24, 2.45) is 0 Å². The average Bonchev–Trinajstić information content (AvgIpc) is 2.69. The normalized spacial score (nSPS) is 15.8. The molecule has 154 valence electrons. The van der Waals surface area contributed by atoms with Gasteiger partial charge in [-0.2, -0.15) is 5.26 Å². The number of aryl methyl sites for hydroxylation is 1. The van der Waals surface area contributed by atoms with Gasteiger partial charge in [0.25, 0.3) is 0 Å². The molecule has 0 spiro atoms. The van der Waals surface area contributed by atoms with Gasteiger partial charge in [0.2, 0.25) is 5.91 Å². The maximum Gasteiger partial charge on any atom is 0.237 e. The standard InChI is InChI=1S/C21H32N4O3/c1-16-11-18(27-5)19(28-6)12-17(16)13-24-7-9-25(10-8-24)14-20(26)23(4)21(2,3)15-22/h11-12H,7-10,13-14H2,1-6H3. The van der Waals surface area contributed by atoms with Crippen LogP contribution in [-0.2, 0) is 11.3 Å². The van der Waals surface area contributed by atoms with E-state index in [0.717, 1.165) is 44.2 Å². The van der Waals surface area contributed by atoms with Crippen LogP contribution in [0.2, 0.25) is 0 Å². The molecule has 0 aliphatic carbocycles. The Hall–Kier alpha value is -2.30. The number of piperazine rings is 1. The molecule has 28 heavy (non-hydrogen) atoms. The second-order valence-corrected chi connectivity index (χ2v) is 7.81. The van der Waals surface area contributed by atoms with Crippen LogP contribution in [-0.4, -0.2) is 80.1 Å². The molecule has 1 amide bonds. The van der Waals surface area contributed by atoms with Gasteiger partial charge in [0.15, 0.2) is 11.5 Å². The van der Waals surface area contributed by atoms with Crippen LogP contribution in [0.1, 0.15) is 25.0 Å². The van der Waals surface area contributed by atoms with Crippen molar-refractivity contribution in [2.45, 2.75) is 32.9 Å². The minimum Gasteiger partial charge on any atom is -0.493 e. The Morgan fingerprint density at radius 3 is 2.21 bits per heavy atom. The molecule has 1 heterocycles. The van der Waals surface area contributed by atoms with E-state index in [-0.39, 0.29) is 5.91 Å². The molecule has 0 bridgehead atoms. The van der Waals surface area contributed by atoms with Gasteiger partial charge >= 0.3 is 0 Å². The van der Waals surface area contributed by atoms with Crippen LogP contribution in [0.15, 0.2) is 12.1 Å². The summed E-state index contributed by atoms with van der Waals surface area (Å²) in [7, 11) is 4.99. The maximum absolute atomic E-state index is 12.5. The van der Waals surface area contributed by atoms with E-state index in [1.54, 1.807) is 35.1 Å². The monoisotopic (exact) mass is 388 g/mol. The highest BCUT2D eigenvalue weighted by atomic mass is 16.5.